The molecule has 3 aromatic rings. The van der Waals surface area contributed by atoms with E-state index in [4.69, 9.17) is 9.97 Å². The lowest BCUT2D eigenvalue weighted by atomic mass is 9.76. The normalized spacial score (nSPS) is 16.9. The minimum atomic E-state index is -1.52. The first-order valence-corrected chi connectivity index (χ1v) is 10.9. The van der Waals surface area contributed by atoms with Crippen LogP contribution < -0.4 is 21.0 Å². The maximum Gasteiger partial charge on any atom is 0.488 e. The lowest BCUT2D eigenvalue weighted by Gasteiger charge is -2.27. The van der Waals surface area contributed by atoms with Gasteiger partial charge in [0.25, 0.3) is 0 Å². The molecule has 164 valence electrons. The zero-order valence-electron chi connectivity index (χ0n) is 17.8. The Hall–Kier alpha value is -3.17. The number of hydrogen-bond acceptors (Lipinski definition) is 7. The van der Waals surface area contributed by atoms with Gasteiger partial charge in [0.15, 0.2) is 5.82 Å². The minimum Gasteiger partial charge on any atom is -0.423 e. The molecule has 0 saturated heterocycles. The van der Waals surface area contributed by atoms with Gasteiger partial charge in [-0.2, -0.15) is 4.98 Å². The molecule has 32 heavy (non-hydrogen) atoms. The number of nitrogens with one attached hydrogen (secondary N) is 2. The summed E-state index contributed by atoms with van der Waals surface area (Å²) in [6, 6.07) is 12.1. The molecular weight excluding hydrogens is 408 g/mol. The van der Waals surface area contributed by atoms with Crippen molar-refractivity contribution >= 4 is 35.7 Å². The largest absolute Gasteiger partial charge is 0.488 e. The van der Waals surface area contributed by atoms with E-state index in [0.29, 0.717) is 30.2 Å². The van der Waals surface area contributed by atoms with Crippen LogP contribution in [0.2, 0.25) is 0 Å². The number of fused-ring (bicyclic) bond motifs is 2. The molecule has 2 aromatic carbocycles. The fraction of sp³-hybridized carbons (Fsp3) is 0.304. The molecule has 5 rings (SSSR count). The van der Waals surface area contributed by atoms with E-state index >= 15 is 0 Å². The van der Waals surface area contributed by atoms with Gasteiger partial charge in [0, 0.05) is 24.8 Å². The van der Waals surface area contributed by atoms with E-state index in [0.717, 1.165) is 47.6 Å². The SMILES string of the molecule is CC1Cc2c(B(O)O)cccc2N1c1nc2c(c(NCc3cccc(F)c3)n1)NCCC2. The van der Waals surface area contributed by atoms with Crippen LogP contribution in [0.4, 0.5) is 27.5 Å². The zero-order chi connectivity index (χ0) is 22.2. The Morgan fingerprint density at radius 2 is 2.06 bits per heavy atom. The molecule has 0 aliphatic carbocycles. The van der Waals surface area contributed by atoms with E-state index in [1.165, 1.54) is 12.1 Å². The second-order valence-electron chi connectivity index (χ2n) is 8.35. The molecule has 1 aromatic heterocycles. The summed E-state index contributed by atoms with van der Waals surface area (Å²) < 4.78 is 13.6. The molecule has 2 aliphatic rings. The van der Waals surface area contributed by atoms with E-state index < -0.39 is 7.12 Å². The number of aryl methyl sites for hydroxylation is 1. The number of aromatic nitrogens is 2. The smallest absolute Gasteiger partial charge is 0.423 e. The highest BCUT2D eigenvalue weighted by Crippen LogP contribution is 2.38. The predicted molar refractivity (Wildman–Crippen MR) is 124 cm³/mol. The summed E-state index contributed by atoms with van der Waals surface area (Å²) in [5.41, 5.74) is 4.98. The fourth-order valence-corrected chi connectivity index (χ4v) is 4.61. The Bertz CT molecular complexity index is 1160. The van der Waals surface area contributed by atoms with Crippen LogP contribution in [0, 0.1) is 5.82 Å². The quantitative estimate of drug-likeness (QED) is 0.459. The lowest BCUT2D eigenvalue weighted by molar-refractivity contribution is 0.425. The van der Waals surface area contributed by atoms with Gasteiger partial charge < -0.3 is 25.6 Å². The molecule has 7 nitrogen and oxygen atoms in total. The van der Waals surface area contributed by atoms with Gasteiger partial charge in [-0.05, 0) is 61.0 Å². The summed E-state index contributed by atoms with van der Waals surface area (Å²) in [6.07, 6.45) is 2.50. The van der Waals surface area contributed by atoms with Crippen molar-refractivity contribution in [3.05, 3.63) is 65.1 Å². The van der Waals surface area contributed by atoms with Gasteiger partial charge in [0.1, 0.15) is 5.82 Å². The first kappa shape index (κ1) is 20.7. The molecule has 1 unspecified atom stereocenters. The number of nitrogens with zero attached hydrogens (tertiary/aromatic N) is 3. The molecule has 0 spiro atoms. The van der Waals surface area contributed by atoms with Crippen molar-refractivity contribution in [3.8, 4) is 0 Å². The van der Waals surface area contributed by atoms with Crippen molar-refractivity contribution in [2.75, 3.05) is 22.1 Å². The van der Waals surface area contributed by atoms with Crippen molar-refractivity contribution in [2.45, 2.75) is 38.8 Å². The summed E-state index contributed by atoms with van der Waals surface area (Å²) in [5.74, 6) is 0.996. The number of rotatable bonds is 5. The van der Waals surface area contributed by atoms with E-state index in [2.05, 4.69) is 22.5 Å². The minimum absolute atomic E-state index is 0.0653. The number of benzene rings is 2. The molecule has 2 aliphatic heterocycles. The summed E-state index contributed by atoms with van der Waals surface area (Å²) >= 11 is 0. The van der Waals surface area contributed by atoms with Crippen molar-refractivity contribution in [2.24, 2.45) is 0 Å². The van der Waals surface area contributed by atoms with Gasteiger partial charge in [0.2, 0.25) is 5.95 Å². The van der Waals surface area contributed by atoms with Crippen LogP contribution in [0.1, 0.15) is 30.2 Å². The first-order chi connectivity index (χ1) is 15.5. The highest BCUT2D eigenvalue weighted by molar-refractivity contribution is 6.59. The van der Waals surface area contributed by atoms with Crippen molar-refractivity contribution in [1.82, 2.24) is 9.97 Å². The maximum atomic E-state index is 13.6. The van der Waals surface area contributed by atoms with Crippen LogP contribution in [0.5, 0.6) is 0 Å². The highest BCUT2D eigenvalue weighted by atomic mass is 19.1. The van der Waals surface area contributed by atoms with Gasteiger partial charge in [0.05, 0.1) is 11.4 Å². The van der Waals surface area contributed by atoms with Crippen LogP contribution >= 0.6 is 0 Å². The third-order valence-electron chi connectivity index (χ3n) is 6.09. The predicted octanol–water partition coefficient (Wildman–Crippen LogP) is 2.35. The van der Waals surface area contributed by atoms with Crippen LogP contribution in [-0.2, 0) is 19.4 Å². The molecule has 4 N–H and O–H groups in total. The van der Waals surface area contributed by atoms with Crippen LogP contribution in [0.3, 0.4) is 0 Å². The number of hydrogen-bond donors (Lipinski definition) is 4. The topological polar surface area (TPSA) is 93.5 Å². The monoisotopic (exact) mass is 433 g/mol. The molecule has 0 fully saturated rings. The molecule has 3 heterocycles. The summed E-state index contributed by atoms with van der Waals surface area (Å²) in [5, 5.41) is 26.3. The lowest BCUT2D eigenvalue weighted by Crippen LogP contribution is -2.32. The van der Waals surface area contributed by atoms with E-state index in [1.807, 2.05) is 18.2 Å². The Kier molecular flexibility index (Phi) is 5.44. The average Bonchev–Trinajstić information content (AvgIpc) is 3.13. The molecule has 0 bridgehead atoms. The second-order valence-corrected chi connectivity index (χ2v) is 8.35. The highest BCUT2D eigenvalue weighted by Gasteiger charge is 2.34. The maximum absolute atomic E-state index is 13.6. The van der Waals surface area contributed by atoms with Crippen molar-refractivity contribution < 1.29 is 14.4 Å². The molecule has 0 saturated carbocycles. The Morgan fingerprint density at radius 3 is 2.88 bits per heavy atom. The van der Waals surface area contributed by atoms with E-state index in [9.17, 15) is 14.4 Å². The van der Waals surface area contributed by atoms with Crippen molar-refractivity contribution in [3.63, 3.8) is 0 Å². The third-order valence-corrected chi connectivity index (χ3v) is 6.09. The van der Waals surface area contributed by atoms with Gasteiger partial charge in [-0.1, -0.05) is 24.3 Å². The molecular formula is C23H25BFN5O2. The summed E-state index contributed by atoms with van der Waals surface area (Å²) in [4.78, 5) is 11.8. The summed E-state index contributed by atoms with van der Waals surface area (Å²) in [6.45, 7) is 3.37. The molecule has 9 heteroatoms. The molecule has 1 atom stereocenters. The van der Waals surface area contributed by atoms with E-state index in [1.54, 1.807) is 12.1 Å². The molecule has 0 radical (unpaired) electrons. The van der Waals surface area contributed by atoms with Gasteiger partial charge in [-0.15, -0.1) is 0 Å². The Morgan fingerprint density at radius 1 is 1.22 bits per heavy atom. The van der Waals surface area contributed by atoms with Crippen LogP contribution in [0.25, 0.3) is 0 Å². The average molecular weight is 433 g/mol. The summed E-state index contributed by atoms with van der Waals surface area (Å²) in [7, 11) is -1.52. The van der Waals surface area contributed by atoms with Gasteiger partial charge in [-0.3, -0.25) is 0 Å². The zero-order valence-corrected chi connectivity index (χ0v) is 17.8. The van der Waals surface area contributed by atoms with Crippen LogP contribution in [0.15, 0.2) is 42.5 Å². The van der Waals surface area contributed by atoms with Crippen molar-refractivity contribution in [1.29, 1.82) is 0 Å². The number of halogens is 1. The third kappa shape index (κ3) is 3.78. The standard InChI is InChI=1S/C23H25BFN5O2/c1-14-11-17-18(24(31)32)7-3-9-20(17)30(14)23-28-19-8-4-10-26-21(19)22(29-23)27-13-15-5-2-6-16(25)12-15/h2-3,5-7,9,12,14,26,31-32H,4,8,10-11,13H2,1H3,(H,27,28,29). The van der Waals surface area contributed by atoms with E-state index in [-0.39, 0.29) is 11.9 Å². The Balaban J connectivity index is 1.53. The van der Waals surface area contributed by atoms with Gasteiger partial charge in [-0.25, -0.2) is 9.37 Å². The van der Waals surface area contributed by atoms with Gasteiger partial charge >= 0.3 is 7.12 Å². The molecule has 0 amide bonds. The first-order valence-electron chi connectivity index (χ1n) is 10.9. The fourth-order valence-electron chi connectivity index (χ4n) is 4.61. The van der Waals surface area contributed by atoms with Crippen LogP contribution in [-0.4, -0.2) is 39.7 Å². The Labute approximate surface area is 186 Å². The number of anilines is 4. The second kappa shape index (κ2) is 8.40.